The first kappa shape index (κ1) is 24.7. The fourth-order valence-electron chi connectivity index (χ4n) is 4.68. The first-order valence-corrected chi connectivity index (χ1v) is 11.8. The summed E-state index contributed by atoms with van der Waals surface area (Å²) in [5.41, 5.74) is 4.59. The molecule has 0 bridgehead atoms. The van der Waals surface area contributed by atoms with Crippen LogP contribution in [0, 0.1) is 0 Å². The molecule has 1 aliphatic heterocycles. The van der Waals surface area contributed by atoms with E-state index < -0.39 is 24.3 Å². The zero-order valence-electron chi connectivity index (χ0n) is 19.6. The summed E-state index contributed by atoms with van der Waals surface area (Å²) in [6.45, 7) is 0.624. The van der Waals surface area contributed by atoms with Crippen molar-refractivity contribution in [3.8, 4) is 11.1 Å². The molecule has 4 rings (SSSR count). The molecule has 0 aromatic heterocycles. The van der Waals surface area contributed by atoms with E-state index in [4.69, 9.17) is 19.3 Å². The minimum absolute atomic E-state index is 0.0239. The monoisotopic (exact) mass is 482 g/mol. The number of amides is 2. The maximum atomic E-state index is 12.4. The molecule has 1 saturated heterocycles. The Hall–Kier alpha value is -3.43. The Morgan fingerprint density at radius 2 is 1.69 bits per heavy atom. The lowest BCUT2D eigenvalue weighted by Crippen LogP contribution is -2.41. The third kappa shape index (κ3) is 5.80. The molecule has 3 atom stereocenters. The lowest BCUT2D eigenvalue weighted by Gasteiger charge is -2.18. The molecule has 2 aromatic rings. The zero-order valence-corrected chi connectivity index (χ0v) is 19.6. The highest BCUT2D eigenvalue weighted by Crippen LogP contribution is 2.44. The predicted octanol–water partition coefficient (Wildman–Crippen LogP) is 2.68. The molecule has 1 fully saturated rings. The first-order valence-electron chi connectivity index (χ1n) is 11.8. The number of nitrogens with one attached hydrogen (secondary N) is 2. The van der Waals surface area contributed by atoms with Gasteiger partial charge in [0.15, 0.2) is 6.10 Å². The number of rotatable bonds is 10. The summed E-state index contributed by atoms with van der Waals surface area (Å²) in [7, 11) is 1.42. The number of hydrogen-bond donors (Lipinski definition) is 3. The fourth-order valence-corrected chi connectivity index (χ4v) is 4.68. The van der Waals surface area contributed by atoms with Gasteiger partial charge in [0.05, 0.1) is 6.10 Å². The Kier molecular flexibility index (Phi) is 7.99. The number of carbonyl (C=O) groups excluding carboxylic acids is 2. The minimum atomic E-state index is -0.993. The maximum Gasteiger partial charge on any atom is 0.407 e. The number of carbonyl (C=O) groups is 3. The summed E-state index contributed by atoms with van der Waals surface area (Å²) in [6, 6.07) is 16.2. The van der Waals surface area contributed by atoms with Gasteiger partial charge in [-0.1, -0.05) is 48.5 Å². The standard InChI is InChI=1S/C26H30N2O7/c1-33-22(24(29)28-14-16-10-11-23(35-16)25(30)31)12-13-27-26(32)34-15-21-19-8-4-2-6-17(19)18-7-3-5-9-20(18)21/h2-9,16,21-23H,10-15H2,1H3,(H,27,32)(H,28,29)(H,30,31). The quantitative estimate of drug-likeness (QED) is 0.476. The van der Waals surface area contributed by atoms with Crippen molar-refractivity contribution in [2.75, 3.05) is 26.8 Å². The molecule has 0 radical (unpaired) electrons. The van der Waals surface area contributed by atoms with Gasteiger partial charge in [0.25, 0.3) is 0 Å². The lowest BCUT2D eigenvalue weighted by atomic mass is 9.98. The van der Waals surface area contributed by atoms with Gasteiger partial charge in [0, 0.05) is 32.5 Å². The van der Waals surface area contributed by atoms with Crippen molar-refractivity contribution in [3.05, 3.63) is 59.7 Å². The molecular weight excluding hydrogens is 452 g/mol. The van der Waals surface area contributed by atoms with Crippen LogP contribution in [0.4, 0.5) is 4.79 Å². The van der Waals surface area contributed by atoms with Crippen LogP contribution in [0.1, 0.15) is 36.3 Å². The van der Waals surface area contributed by atoms with Gasteiger partial charge in [-0.25, -0.2) is 9.59 Å². The van der Waals surface area contributed by atoms with Crippen molar-refractivity contribution in [2.24, 2.45) is 0 Å². The van der Waals surface area contributed by atoms with Crippen molar-refractivity contribution >= 4 is 18.0 Å². The van der Waals surface area contributed by atoms with E-state index in [-0.39, 0.29) is 44.0 Å². The van der Waals surface area contributed by atoms with Gasteiger partial charge in [-0.2, -0.15) is 0 Å². The van der Waals surface area contributed by atoms with E-state index >= 15 is 0 Å². The largest absolute Gasteiger partial charge is 0.479 e. The molecule has 35 heavy (non-hydrogen) atoms. The van der Waals surface area contributed by atoms with Crippen LogP contribution in [-0.2, 0) is 23.8 Å². The van der Waals surface area contributed by atoms with Crippen LogP contribution >= 0.6 is 0 Å². The molecule has 9 heteroatoms. The first-order chi connectivity index (χ1) is 17.0. The topological polar surface area (TPSA) is 123 Å². The Morgan fingerprint density at radius 3 is 2.29 bits per heavy atom. The second kappa shape index (κ2) is 11.3. The number of ether oxygens (including phenoxy) is 3. The number of fused-ring (bicyclic) bond motifs is 3. The highest BCUT2D eigenvalue weighted by Gasteiger charge is 2.31. The van der Waals surface area contributed by atoms with Crippen molar-refractivity contribution in [2.45, 2.75) is 43.5 Å². The molecule has 3 N–H and O–H groups in total. The van der Waals surface area contributed by atoms with Gasteiger partial charge >= 0.3 is 12.1 Å². The Bertz CT molecular complexity index is 1030. The van der Waals surface area contributed by atoms with Crippen molar-refractivity contribution < 1.29 is 33.7 Å². The fraction of sp³-hybridized carbons (Fsp3) is 0.423. The molecule has 2 amide bonds. The van der Waals surface area contributed by atoms with Crippen LogP contribution in [-0.4, -0.2) is 68.2 Å². The van der Waals surface area contributed by atoms with E-state index in [0.717, 1.165) is 22.3 Å². The third-order valence-electron chi connectivity index (χ3n) is 6.48. The summed E-state index contributed by atoms with van der Waals surface area (Å²) in [5.74, 6) is -1.36. The smallest absolute Gasteiger partial charge is 0.407 e. The molecule has 2 aromatic carbocycles. The number of alkyl carbamates (subject to hydrolysis) is 1. The minimum Gasteiger partial charge on any atom is -0.479 e. The summed E-state index contributed by atoms with van der Waals surface area (Å²) in [4.78, 5) is 35.7. The van der Waals surface area contributed by atoms with E-state index in [0.29, 0.717) is 12.8 Å². The second-order valence-electron chi connectivity index (χ2n) is 8.67. The summed E-state index contributed by atoms with van der Waals surface area (Å²) >= 11 is 0. The highest BCUT2D eigenvalue weighted by atomic mass is 16.5. The molecule has 2 aliphatic rings. The van der Waals surface area contributed by atoms with E-state index in [2.05, 4.69) is 34.9 Å². The number of carboxylic acids is 1. The highest BCUT2D eigenvalue weighted by molar-refractivity contribution is 5.81. The SMILES string of the molecule is COC(CCNC(=O)OCC1c2ccccc2-c2ccccc21)C(=O)NCC1CCC(C(=O)O)O1. The average Bonchev–Trinajstić information content (AvgIpc) is 3.47. The predicted molar refractivity (Wildman–Crippen MR) is 127 cm³/mol. The molecule has 186 valence electrons. The van der Waals surface area contributed by atoms with Crippen LogP contribution < -0.4 is 10.6 Å². The van der Waals surface area contributed by atoms with Crippen LogP contribution in [0.5, 0.6) is 0 Å². The molecule has 9 nitrogen and oxygen atoms in total. The van der Waals surface area contributed by atoms with E-state index in [9.17, 15) is 14.4 Å². The van der Waals surface area contributed by atoms with Crippen molar-refractivity contribution in [1.82, 2.24) is 10.6 Å². The van der Waals surface area contributed by atoms with Gasteiger partial charge in [0.1, 0.15) is 12.7 Å². The van der Waals surface area contributed by atoms with E-state index in [1.807, 2.05) is 24.3 Å². The Morgan fingerprint density at radius 1 is 1.03 bits per heavy atom. The number of carboxylic acid groups (broad SMARTS) is 1. The summed E-state index contributed by atoms with van der Waals surface area (Å²) < 4.78 is 16.1. The maximum absolute atomic E-state index is 12.4. The van der Waals surface area contributed by atoms with Gasteiger partial charge in [-0.05, 0) is 35.1 Å². The van der Waals surface area contributed by atoms with Gasteiger partial charge in [-0.15, -0.1) is 0 Å². The van der Waals surface area contributed by atoms with Gasteiger partial charge < -0.3 is 30.0 Å². The number of aliphatic carboxylic acids is 1. The van der Waals surface area contributed by atoms with Gasteiger partial charge in [0.2, 0.25) is 5.91 Å². The normalized spacial score (nSPS) is 19.5. The number of benzene rings is 2. The summed E-state index contributed by atoms with van der Waals surface area (Å²) in [5, 5.41) is 14.4. The van der Waals surface area contributed by atoms with Crippen LogP contribution in [0.3, 0.4) is 0 Å². The summed E-state index contributed by atoms with van der Waals surface area (Å²) in [6.07, 6.45) is -1.23. The Balaban J connectivity index is 1.20. The Labute approximate surface area is 203 Å². The molecule has 0 spiro atoms. The lowest BCUT2D eigenvalue weighted by molar-refractivity contribution is -0.149. The average molecular weight is 483 g/mol. The number of hydrogen-bond acceptors (Lipinski definition) is 6. The van der Waals surface area contributed by atoms with E-state index in [1.54, 1.807) is 0 Å². The molecule has 1 heterocycles. The second-order valence-corrected chi connectivity index (χ2v) is 8.67. The van der Waals surface area contributed by atoms with Gasteiger partial charge in [-0.3, -0.25) is 4.79 Å². The van der Waals surface area contributed by atoms with Crippen LogP contribution in [0.15, 0.2) is 48.5 Å². The van der Waals surface area contributed by atoms with Crippen LogP contribution in [0.25, 0.3) is 11.1 Å². The van der Waals surface area contributed by atoms with E-state index in [1.165, 1.54) is 7.11 Å². The zero-order chi connectivity index (χ0) is 24.8. The number of methoxy groups -OCH3 is 1. The molecule has 1 aliphatic carbocycles. The molecule has 3 unspecified atom stereocenters. The van der Waals surface area contributed by atoms with Crippen molar-refractivity contribution in [1.29, 1.82) is 0 Å². The molecule has 0 saturated carbocycles. The third-order valence-corrected chi connectivity index (χ3v) is 6.48. The molecular formula is C26H30N2O7. The van der Waals surface area contributed by atoms with Crippen molar-refractivity contribution in [3.63, 3.8) is 0 Å². The van der Waals surface area contributed by atoms with Crippen LogP contribution in [0.2, 0.25) is 0 Å².